The van der Waals surface area contributed by atoms with E-state index in [4.69, 9.17) is 10.5 Å². The molecule has 1 aliphatic rings. The maximum atomic E-state index is 9.71. The molecule has 1 aromatic carbocycles. The molecule has 3 heteroatoms. The standard InChI is InChI=1S/C12H17NO2/c13-8-11(14)10-6-1-2-7-12(10)15-9-4-3-5-9/h1-2,6-7,9,11,14H,3-5,8,13H2. The Balaban J connectivity index is 2.13. The van der Waals surface area contributed by atoms with Crippen LogP contribution in [0.4, 0.5) is 0 Å². The summed E-state index contributed by atoms with van der Waals surface area (Å²) in [5.74, 6) is 0.778. The van der Waals surface area contributed by atoms with Crippen molar-refractivity contribution in [1.29, 1.82) is 0 Å². The molecule has 0 saturated heterocycles. The lowest BCUT2D eigenvalue weighted by Crippen LogP contribution is -2.25. The Bertz CT molecular complexity index is 323. The number of benzene rings is 1. The third kappa shape index (κ3) is 2.30. The van der Waals surface area contributed by atoms with Gasteiger partial charge in [0.05, 0.1) is 12.2 Å². The van der Waals surface area contributed by atoms with E-state index in [1.54, 1.807) is 0 Å². The van der Waals surface area contributed by atoms with Crippen molar-refractivity contribution in [2.24, 2.45) is 5.73 Å². The summed E-state index contributed by atoms with van der Waals surface area (Å²) in [5.41, 5.74) is 6.24. The first-order valence-electron chi connectivity index (χ1n) is 5.45. The maximum absolute atomic E-state index is 9.71. The SMILES string of the molecule is NCC(O)c1ccccc1OC1CCC1. The lowest BCUT2D eigenvalue weighted by Gasteiger charge is -2.28. The first-order valence-corrected chi connectivity index (χ1v) is 5.45. The fraction of sp³-hybridized carbons (Fsp3) is 0.500. The van der Waals surface area contributed by atoms with Gasteiger partial charge >= 0.3 is 0 Å². The minimum Gasteiger partial charge on any atom is -0.490 e. The largest absolute Gasteiger partial charge is 0.490 e. The number of rotatable bonds is 4. The fourth-order valence-corrected chi connectivity index (χ4v) is 1.66. The molecule has 1 atom stereocenters. The van der Waals surface area contributed by atoms with E-state index in [1.165, 1.54) is 6.42 Å². The second-order valence-corrected chi connectivity index (χ2v) is 3.96. The molecule has 3 nitrogen and oxygen atoms in total. The summed E-state index contributed by atoms with van der Waals surface area (Å²) >= 11 is 0. The number of nitrogens with two attached hydrogens (primary N) is 1. The lowest BCUT2D eigenvalue weighted by atomic mass is 9.96. The predicted octanol–water partition coefficient (Wildman–Crippen LogP) is 1.61. The zero-order valence-corrected chi connectivity index (χ0v) is 8.73. The molecule has 82 valence electrons. The molecule has 0 aromatic heterocycles. The molecular formula is C12H17NO2. The highest BCUT2D eigenvalue weighted by atomic mass is 16.5. The van der Waals surface area contributed by atoms with Crippen molar-refractivity contribution in [3.63, 3.8) is 0 Å². The van der Waals surface area contributed by atoms with Crippen molar-refractivity contribution in [2.75, 3.05) is 6.54 Å². The van der Waals surface area contributed by atoms with Gasteiger partial charge in [0.25, 0.3) is 0 Å². The van der Waals surface area contributed by atoms with Crippen molar-refractivity contribution in [3.05, 3.63) is 29.8 Å². The summed E-state index contributed by atoms with van der Waals surface area (Å²) in [6, 6.07) is 7.57. The van der Waals surface area contributed by atoms with E-state index in [2.05, 4.69) is 0 Å². The highest BCUT2D eigenvalue weighted by Crippen LogP contribution is 2.30. The van der Waals surface area contributed by atoms with Gasteiger partial charge in [-0.3, -0.25) is 0 Å². The fourth-order valence-electron chi connectivity index (χ4n) is 1.66. The Labute approximate surface area is 89.9 Å². The molecule has 3 N–H and O–H groups in total. The minimum atomic E-state index is -0.624. The molecule has 1 aromatic rings. The molecule has 15 heavy (non-hydrogen) atoms. The zero-order chi connectivity index (χ0) is 10.7. The van der Waals surface area contributed by atoms with Gasteiger partial charge in [-0.1, -0.05) is 18.2 Å². The highest BCUT2D eigenvalue weighted by Gasteiger charge is 2.21. The smallest absolute Gasteiger partial charge is 0.125 e. The first kappa shape index (κ1) is 10.5. The molecule has 0 radical (unpaired) electrons. The Morgan fingerprint density at radius 1 is 1.40 bits per heavy atom. The molecule has 0 spiro atoms. The van der Waals surface area contributed by atoms with Crippen LogP contribution in [0.2, 0.25) is 0 Å². The number of para-hydroxylation sites is 1. The van der Waals surface area contributed by atoms with E-state index in [9.17, 15) is 5.11 Å². The zero-order valence-electron chi connectivity index (χ0n) is 8.73. The number of aliphatic hydroxyl groups is 1. The van der Waals surface area contributed by atoms with Gasteiger partial charge in [0.1, 0.15) is 5.75 Å². The van der Waals surface area contributed by atoms with E-state index in [-0.39, 0.29) is 6.54 Å². The molecular weight excluding hydrogens is 190 g/mol. The quantitative estimate of drug-likeness (QED) is 0.788. The van der Waals surface area contributed by atoms with Crippen molar-refractivity contribution in [3.8, 4) is 5.75 Å². The van der Waals surface area contributed by atoms with Gasteiger partial charge in [0.2, 0.25) is 0 Å². The maximum Gasteiger partial charge on any atom is 0.125 e. The Morgan fingerprint density at radius 3 is 2.73 bits per heavy atom. The predicted molar refractivity (Wildman–Crippen MR) is 58.7 cm³/mol. The average molecular weight is 207 g/mol. The third-order valence-electron chi connectivity index (χ3n) is 2.85. The van der Waals surface area contributed by atoms with Crippen LogP contribution in [0.1, 0.15) is 30.9 Å². The van der Waals surface area contributed by atoms with Crippen LogP contribution >= 0.6 is 0 Å². The summed E-state index contributed by atoms with van der Waals surface area (Å²) in [4.78, 5) is 0. The second kappa shape index (κ2) is 4.64. The van der Waals surface area contributed by atoms with E-state index in [0.717, 1.165) is 24.2 Å². The molecule has 2 rings (SSSR count). The number of ether oxygens (including phenoxy) is 1. The van der Waals surface area contributed by atoms with Gasteiger partial charge in [-0.25, -0.2) is 0 Å². The van der Waals surface area contributed by atoms with Crippen LogP contribution in [0.5, 0.6) is 5.75 Å². The molecule has 1 unspecified atom stereocenters. The first-order chi connectivity index (χ1) is 7.31. The minimum absolute atomic E-state index is 0.227. The molecule has 0 heterocycles. The van der Waals surface area contributed by atoms with Crippen molar-refractivity contribution >= 4 is 0 Å². The normalized spacial score (nSPS) is 18.3. The number of hydrogen-bond acceptors (Lipinski definition) is 3. The second-order valence-electron chi connectivity index (χ2n) is 3.96. The van der Waals surface area contributed by atoms with Gasteiger partial charge in [-0.2, -0.15) is 0 Å². The Hall–Kier alpha value is -1.06. The van der Waals surface area contributed by atoms with Crippen LogP contribution in [0, 0.1) is 0 Å². The topological polar surface area (TPSA) is 55.5 Å². The average Bonchev–Trinajstić information content (AvgIpc) is 2.23. The molecule has 0 bridgehead atoms. The van der Waals surface area contributed by atoms with Crippen molar-refractivity contribution in [1.82, 2.24) is 0 Å². The molecule has 0 amide bonds. The van der Waals surface area contributed by atoms with E-state index in [0.29, 0.717) is 6.10 Å². The van der Waals surface area contributed by atoms with Crippen LogP contribution in [-0.2, 0) is 0 Å². The molecule has 0 aliphatic heterocycles. The van der Waals surface area contributed by atoms with E-state index < -0.39 is 6.10 Å². The molecule has 1 fully saturated rings. The summed E-state index contributed by atoms with van der Waals surface area (Å²) in [6.07, 6.45) is 3.18. The van der Waals surface area contributed by atoms with Gasteiger partial charge in [0, 0.05) is 12.1 Å². The Kier molecular flexibility index (Phi) is 3.23. The summed E-state index contributed by atoms with van der Waals surface area (Å²) in [6.45, 7) is 0.227. The summed E-state index contributed by atoms with van der Waals surface area (Å²) in [7, 11) is 0. The van der Waals surface area contributed by atoms with E-state index in [1.807, 2.05) is 24.3 Å². The Morgan fingerprint density at radius 2 is 2.13 bits per heavy atom. The molecule has 1 saturated carbocycles. The van der Waals surface area contributed by atoms with Crippen LogP contribution < -0.4 is 10.5 Å². The summed E-state index contributed by atoms with van der Waals surface area (Å²) < 4.78 is 5.79. The number of hydrogen-bond donors (Lipinski definition) is 2. The van der Waals surface area contributed by atoms with Crippen LogP contribution in [0.3, 0.4) is 0 Å². The van der Waals surface area contributed by atoms with Gasteiger partial charge in [-0.05, 0) is 25.3 Å². The van der Waals surface area contributed by atoms with Crippen LogP contribution in [-0.4, -0.2) is 17.8 Å². The third-order valence-corrected chi connectivity index (χ3v) is 2.85. The summed E-state index contributed by atoms with van der Waals surface area (Å²) in [5, 5.41) is 9.71. The number of aliphatic hydroxyl groups excluding tert-OH is 1. The van der Waals surface area contributed by atoms with Crippen molar-refractivity contribution < 1.29 is 9.84 Å². The van der Waals surface area contributed by atoms with Crippen LogP contribution in [0.25, 0.3) is 0 Å². The van der Waals surface area contributed by atoms with Gasteiger partial charge in [0.15, 0.2) is 0 Å². The van der Waals surface area contributed by atoms with Crippen molar-refractivity contribution in [2.45, 2.75) is 31.5 Å². The monoisotopic (exact) mass is 207 g/mol. The van der Waals surface area contributed by atoms with E-state index >= 15 is 0 Å². The van der Waals surface area contributed by atoms with Gasteiger partial charge < -0.3 is 15.6 Å². The lowest BCUT2D eigenvalue weighted by molar-refractivity contribution is 0.111. The molecule has 1 aliphatic carbocycles. The van der Waals surface area contributed by atoms with Crippen LogP contribution in [0.15, 0.2) is 24.3 Å². The van der Waals surface area contributed by atoms with Gasteiger partial charge in [-0.15, -0.1) is 0 Å². The highest BCUT2D eigenvalue weighted by molar-refractivity contribution is 5.35.